The lowest BCUT2D eigenvalue weighted by Crippen LogP contribution is -2.30. The van der Waals surface area contributed by atoms with Crippen LogP contribution in [0.25, 0.3) is 10.9 Å². The van der Waals surface area contributed by atoms with Crippen molar-refractivity contribution in [2.75, 3.05) is 11.4 Å². The number of benzene rings is 1. The van der Waals surface area contributed by atoms with E-state index in [0.717, 1.165) is 26.1 Å². The zero-order valence-electron chi connectivity index (χ0n) is 15.7. The van der Waals surface area contributed by atoms with Gasteiger partial charge in [-0.3, -0.25) is 4.98 Å². The molecule has 0 spiro atoms. The maximum absolute atomic E-state index is 4.58. The first-order valence-electron chi connectivity index (χ1n) is 9.31. The normalized spacial score (nSPS) is 14.4. The number of rotatable bonds is 3. The molecule has 1 aliphatic heterocycles. The second-order valence-electron chi connectivity index (χ2n) is 7.71. The summed E-state index contributed by atoms with van der Waals surface area (Å²) >= 11 is 0. The van der Waals surface area contributed by atoms with Gasteiger partial charge in [-0.05, 0) is 42.9 Å². The molecule has 0 fully saturated rings. The van der Waals surface area contributed by atoms with Crippen molar-refractivity contribution < 1.29 is 0 Å². The van der Waals surface area contributed by atoms with E-state index in [-0.39, 0.29) is 0 Å². The van der Waals surface area contributed by atoms with E-state index < -0.39 is 0 Å². The lowest BCUT2D eigenvalue weighted by atomic mass is 9.99. The Hall–Kier alpha value is -2.29. The summed E-state index contributed by atoms with van der Waals surface area (Å²) in [5.41, 5.74) is 8.31. The van der Waals surface area contributed by atoms with Crippen molar-refractivity contribution in [1.29, 1.82) is 0 Å². The van der Waals surface area contributed by atoms with Gasteiger partial charge in [0.1, 0.15) is 0 Å². The molecule has 3 heteroatoms. The van der Waals surface area contributed by atoms with E-state index in [9.17, 15) is 0 Å². The first kappa shape index (κ1) is 16.2. The number of anilines is 1. The summed E-state index contributed by atoms with van der Waals surface area (Å²) in [6.45, 7) is 12.1. The van der Waals surface area contributed by atoms with E-state index >= 15 is 0 Å². The SMILES string of the molecule is Cc1c(C)n(CC(C)C)c2c(N3CCc4ccccc4C3)cncc12. The van der Waals surface area contributed by atoms with Crippen molar-refractivity contribution in [2.24, 2.45) is 5.92 Å². The van der Waals surface area contributed by atoms with Gasteiger partial charge in [-0.1, -0.05) is 38.1 Å². The fourth-order valence-electron chi connectivity index (χ4n) is 4.09. The third-order valence-electron chi connectivity index (χ3n) is 5.54. The molecule has 0 amide bonds. The van der Waals surface area contributed by atoms with Crippen molar-refractivity contribution in [2.45, 2.75) is 47.2 Å². The summed E-state index contributed by atoms with van der Waals surface area (Å²) < 4.78 is 2.51. The monoisotopic (exact) mass is 333 g/mol. The van der Waals surface area contributed by atoms with Gasteiger partial charge in [-0.2, -0.15) is 0 Å². The second-order valence-corrected chi connectivity index (χ2v) is 7.71. The van der Waals surface area contributed by atoms with Crippen molar-refractivity contribution in [3.8, 4) is 0 Å². The van der Waals surface area contributed by atoms with E-state index in [1.54, 1.807) is 0 Å². The molecule has 130 valence electrons. The van der Waals surface area contributed by atoms with Crippen LogP contribution in [0.1, 0.15) is 36.2 Å². The molecule has 3 heterocycles. The Kier molecular flexibility index (Phi) is 4.03. The maximum atomic E-state index is 4.58. The molecule has 4 rings (SSSR count). The summed E-state index contributed by atoms with van der Waals surface area (Å²) in [7, 11) is 0. The smallest absolute Gasteiger partial charge is 0.0803 e. The molecule has 1 aliphatic rings. The molecule has 3 aromatic rings. The molecule has 3 nitrogen and oxygen atoms in total. The Bertz CT molecular complexity index is 920. The van der Waals surface area contributed by atoms with Gasteiger partial charge in [0, 0.05) is 36.9 Å². The number of hydrogen-bond acceptors (Lipinski definition) is 2. The minimum absolute atomic E-state index is 0.622. The molecule has 0 radical (unpaired) electrons. The minimum Gasteiger partial charge on any atom is -0.364 e. The van der Waals surface area contributed by atoms with Crippen molar-refractivity contribution in [3.63, 3.8) is 0 Å². The van der Waals surface area contributed by atoms with Crippen LogP contribution in [0.5, 0.6) is 0 Å². The Morgan fingerprint density at radius 1 is 1.08 bits per heavy atom. The highest BCUT2D eigenvalue weighted by Gasteiger charge is 2.22. The van der Waals surface area contributed by atoms with E-state index in [2.05, 4.69) is 72.6 Å². The van der Waals surface area contributed by atoms with E-state index in [1.165, 1.54) is 39.0 Å². The molecular formula is C22H27N3. The molecule has 0 atom stereocenters. The third-order valence-corrected chi connectivity index (χ3v) is 5.54. The van der Waals surface area contributed by atoms with Crippen LogP contribution in [0, 0.1) is 19.8 Å². The number of nitrogens with zero attached hydrogens (tertiary/aromatic N) is 3. The fraction of sp³-hybridized carbons (Fsp3) is 0.409. The number of hydrogen-bond donors (Lipinski definition) is 0. The molecule has 0 saturated heterocycles. The zero-order valence-corrected chi connectivity index (χ0v) is 15.7. The second kappa shape index (κ2) is 6.21. The van der Waals surface area contributed by atoms with Crippen LogP contribution in [0.15, 0.2) is 36.7 Å². The lowest BCUT2D eigenvalue weighted by Gasteiger charge is -2.31. The zero-order chi connectivity index (χ0) is 17.6. The molecule has 0 aliphatic carbocycles. The standard InChI is InChI=1S/C22H27N3/c1-15(2)13-25-17(4)16(3)20-11-23-12-21(22(20)25)24-10-9-18-7-5-6-8-19(18)14-24/h5-8,11-12,15H,9-10,13-14H2,1-4H3. The summed E-state index contributed by atoms with van der Waals surface area (Å²) in [5.74, 6) is 0.622. The minimum atomic E-state index is 0.622. The molecule has 0 N–H and O–H groups in total. The first-order valence-corrected chi connectivity index (χ1v) is 9.31. The number of fused-ring (bicyclic) bond motifs is 2. The number of pyridine rings is 1. The molecule has 25 heavy (non-hydrogen) atoms. The average Bonchev–Trinajstić information content (AvgIpc) is 2.86. The Labute approximate surface area is 150 Å². The molecule has 1 aromatic carbocycles. The van der Waals surface area contributed by atoms with E-state index in [0.29, 0.717) is 5.92 Å². The molecule has 2 aromatic heterocycles. The van der Waals surface area contributed by atoms with Gasteiger partial charge in [-0.15, -0.1) is 0 Å². The van der Waals surface area contributed by atoms with Crippen LogP contribution in [0.3, 0.4) is 0 Å². The molecular weight excluding hydrogens is 306 g/mol. The van der Waals surface area contributed by atoms with E-state index in [4.69, 9.17) is 0 Å². The molecule has 0 saturated carbocycles. The van der Waals surface area contributed by atoms with Gasteiger partial charge in [0.25, 0.3) is 0 Å². The first-order chi connectivity index (χ1) is 12.1. The highest BCUT2D eigenvalue weighted by molar-refractivity contribution is 5.94. The summed E-state index contributed by atoms with van der Waals surface area (Å²) in [4.78, 5) is 7.09. The van der Waals surface area contributed by atoms with Crippen molar-refractivity contribution in [3.05, 3.63) is 59.0 Å². The van der Waals surface area contributed by atoms with Gasteiger partial charge in [-0.25, -0.2) is 0 Å². The third kappa shape index (κ3) is 2.72. The molecule has 0 bridgehead atoms. The highest BCUT2D eigenvalue weighted by atomic mass is 15.2. The maximum Gasteiger partial charge on any atom is 0.0803 e. The van der Waals surface area contributed by atoms with Crippen LogP contribution in [0.2, 0.25) is 0 Å². The largest absolute Gasteiger partial charge is 0.364 e. The topological polar surface area (TPSA) is 21.1 Å². The average molecular weight is 333 g/mol. The molecule has 0 unspecified atom stereocenters. The Morgan fingerprint density at radius 3 is 2.60 bits per heavy atom. The van der Waals surface area contributed by atoms with Crippen molar-refractivity contribution in [1.82, 2.24) is 9.55 Å². The quantitative estimate of drug-likeness (QED) is 0.682. The number of aryl methyl sites for hydroxylation is 1. The predicted octanol–water partition coefficient (Wildman–Crippen LogP) is 4.87. The fourth-order valence-corrected chi connectivity index (χ4v) is 4.09. The van der Waals surface area contributed by atoms with Crippen molar-refractivity contribution >= 4 is 16.6 Å². The lowest BCUT2D eigenvalue weighted by molar-refractivity contribution is 0.526. The van der Waals surface area contributed by atoms with Crippen LogP contribution in [-0.4, -0.2) is 16.1 Å². The summed E-state index contributed by atoms with van der Waals surface area (Å²) in [6, 6.07) is 8.83. The Morgan fingerprint density at radius 2 is 1.84 bits per heavy atom. The summed E-state index contributed by atoms with van der Waals surface area (Å²) in [6.07, 6.45) is 5.21. The number of aromatic nitrogens is 2. The Balaban J connectivity index is 1.84. The van der Waals surface area contributed by atoms with Gasteiger partial charge >= 0.3 is 0 Å². The van der Waals surface area contributed by atoms with Crippen LogP contribution in [0.4, 0.5) is 5.69 Å². The van der Waals surface area contributed by atoms with Gasteiger partial charge in [0.2, 0.25) is 0 Å². The van der Waals surface area contributed by atoms with Crippen LogP contribution in [-0.2, 0) is 19.5 Å². The van der Waals surface area contributed by atoms with Gasteiger partial charge < -0.3 is 9.47 Å². The van der Waals surface area contributed by atoms with Crippen LogP contribution >= 0.6 is 0 Å². The van der Waals surface area contributed by atoms with E-state index in [1.807, 2.05) is 6.20 Å². The van der Waals surface area contributed by atoms with Gasteiger partial charge in [0.05, 0.1) is 17.4 Å². The van der Waals surface area contributed by atoms with Gasteiger partial charge in [0.15, 0.2) is 0 Å². The predicted molar refractivity (Wildman–Crippen MR) is 105 cm³/mol. The highest BCUT2D eigenvalue weighted by Crippen LogP contribution is 2.35. The summed E-state index contributed by atoms with van der Waals surface area (Å²) in [5, 5.41) is 1.30. The van der Waals surface area contributed by atoms with Crippen LogP contribution < -0.4 is 4.90 Å².